The van der Waals surface area contributed by atoms with Crippen molar-refractivity contribution in [2.45, 2.75) is 51.0 Å². The van der Waals surface area contributed by atoms with E-state index in [0.717, 1.165) is 18.4 Å². The van der Waals surface area contributed by atoms with Crippen LogP contribution in [0.4, 0.5) is 18.9 Å². The predicted octanol–water partition coefficient (Wildman–Crippen LogP) is 4.05. The van der Waals surface area contributed by atoms with Crippen LogP contribution in [-0.2, 0) is 20.9 Å². The van der Waals surface area contributed by atoms with Crippen LogP contribution in [0.5, 0.6) is 0 Å². The molecule has 1 aromatic carbocycles. The second-order valence-electron chi connectivity index (χ2n) is 5.93. The summed E-state index contributed by atoms with van der Waals surface area (Å²) >= 11 is 0. The molecule has 0 aromatic heterocycles. The van der Waals surface area contributed by atoms with E-state index < -0.39 is 25.3 Å². The number of hydrogen-bond donors (Lipinski definition) is 1. The Morgan fingerprint density at radius 3 is 2.67 bits per heavy atom. The number of hydrogen-bond acceptors (Lipinski definition) is 3. The fraction of sp³-hybridized carbons (Fsp3) is 0.588. The fourth-order valence-electron chi connectivity index (χ4n) is 2.64. The van der Waals surface area contributed by atoms with Gasteiger partial charge in [0, 0.05) is 5.69 Å². The molecule has 1 N–H and O–H groups in total. The van der Waals surface area contributed by atoms with Gasteiger partial charge in [-0.2, -0.15) is 13.2 Å². The number of rotatable bonds is 7. The SMILES string of the molecule is O=C(COCC(F)(F)F)Nc1cccc(COC2CCCCC2)c1. The zero-order valence-electron chi connectivity index (χ0n) is 13.4. The molecule has 1 aliphatic carbocycles. The molecule has 0 atom stereocenters. The third kappa shape index (κ3) is 7.31. The van der Waals surface area contributed by atoms with E-state index in [1.54, 1.807) is 18.2 Å². The molecule has 0 radical (unpaired) electrons. The number of anilines is 1. The Labute approximate surface area is 139 Å². The monoisotopic (exact) mass is 345 g/mol. The van der Waals surface area contributed by atoms with Crippen molar-refractivity contribution in [3.63, 3.8) is 0 Å². The summed E-state index contributed by atoms with van der Waals surface area (Å²) in [5, 5.41) is 2.52. The molecule has 0 aliphatic heterocycles. The molecule has 2 rings (SSSR count). The highest BCUT2D eigenvalue weighted by Crippen LogP contribution is 2.22. The van der Waals surface area contributed by atoms with Gasteiger partial charge in [0.1, 0.15) is 13.2 Å². The molecule has 0 saturated heterocycles. The first kappa shape index (κ1) is 18.7. The molecule has 0 spiro atoms. The molecule has 1 fully saturated rings. The third-order valence-electron chi connectivity index (χ3n) is 3.75. The lowest BCUT2D eigenvalue weighted by molar-refractivity contribution is -0.174. The molecule has 1 amide bonds. The zero-order valence-corrected chi connectivity index (χ0v) is 13.4. The van der Waals surface area contributed by atoms with Gasteiger partial charge in [0.25, 0.3) is 0 Å². The Hall–Kier alpha value is -1.60. The van der Waals surface area contributed by atoms with Gasteiger partial charge in [-0.05, 0) is 30.5 Å². The summed E-state index contributed by atoms with van der Waals surface area (Å²) in [5.74, 6) is -0.621. The summed E-state index contributed by atoms with van der Waals surface area (Å²) in [4.78, 5) is 11.6. The first-order valence-electron chi connectivity index (χ1n) is 8.07. The lowest BCUT2D eigenvalue weighted by atomic mass is 9.98. The number of alkyl halides is 3. The van der Waals surface area contributed by atoms with Crippen molar-refractivity contribution in [1.82, 2.24) is 0 Å². The van der Waals surface area contributed by atoms with Crippen LogP contribution in [0, 0.1) is 0 Å². The number of nitrogens with one attached hydrogen (secondary N) is 1. The van der Waals surface area contributed by atoms with E-state index in [1.807, 2.05) is 6.07 Å². The quantitative estimate of drug-likeness (QED) is 0.811. The first-order valence-corrected chi connectivity index (χ1v) is 8.07. The van der Waals surface area contributed by atoms with Crippen LogP contribution in [0.15, 0.2) is 24.3 Å². The summed E-state index contributed by atoms with van der Waals surface area (Å²) in [6.45, 7) is -1.61. The molecular formula is C17H22F3NO3. The normalized spacial score (nSPS) is 16.1. The van der Waals surface area contributed by atoms with Gasteiger partial charge in [-0.3, -0.25) is 4.79 Å². The van der Waals surface area contributed by atoms with Gasteiger partial charge < -0.3 is 14.8 Å². The number of carbonyl (C=O) groups excluding carboxylic acids is 1. The molecule has 0 heterocycles. The molecule has 1 aromatic rings. The highest BCUT2D eigenvalue weighted by Gasteiger charge is 2.27. The van der Waals surface area contributed by atoms with Gasteiger partial charge in [0.15, 0.2) is 0 Å². The molecule has 0 bridgehead atoms. The third-order valence-corrected chi connectivity index (χ3v) is 3.75. The van der Waals surface area contributed by atoms with Crippen LogP contribution in [-0.4, -0.2) is 31.4 Å². The first-order chi connectivity index (χ1) is 11.4. The van der Waals surface area contributed by atoms with Crippen molar-refractivity contribution in [3.05, 3.63) is 29.8 Å². The minimum absolute atomic E-state index is 0.285. The van der Waals surface area contributed by atoms with Gasteiger partial charge in [-0.1, -0.05) is 31.4 Å². The standard InChI is InChI=1S/C17H22F3NO3/c18-17(19,20)12-23-11-16(22)21-14-6-4-5-13(9-14)10-24-15-7-2-1-3-8-15/h4-6,9,15H,1-3,7-8,10-12H2,(H,21,22). The Morgan fingerprint density at radius 2 is 1.96 bits per heavy atom. The minimum atomic E-state index is -4.43. The average molecular weight is 345 g/mol. The van der Waals surface area contributed by atoms with E-state index in [9.17, 15) is 18.0 Å². The summed E-state index contributed by atoms with van der Waals surface area (Å²) in [6.07, 6.45) is 1.65. The van der Waals surface area contributed by atoms with Gasteiger partial charge >= 0.3 is 6.18 Å². The maximum atomic E-state index is 12.0. The molecule has 134 valence electrons. The molecule has 24 heavy (non-hydrogen) atoms. The minimum Gasteiger partial charge on any atom is -0.374 e. The van der Waals surface area contributed by atoms with Gasteiger partial charge in [0.05, 0.1) is 12.7 Å². The van der Waals surface area contributed by atoms with Crippen LogP contribution >= 0.6 is 0 Å². The lowest BCUT2D eigenvalue weighted by Gasteiger charge is -2.22. The predicted molar refractivity (Wildman–Crippen MR) is 83.6 cm³/mol. The lowest BCUT2D eigenvalue weighted by Crippen LogP contribution is -2.24. The maximum absolute atomic E-state index is 12.0. The average Bonchev–Trinajstić information content (AvgIpc) is 2.53. The number of ether oxygens (including phenoxy) is 2. The fourth-order valence-corrected chi connectivity index (χ4v) is 2.64. The van der Waals surface area contributed by atoms with Crippen molar-refractivity contribution in [1.29, 1.82) is 0 Å². The number of benzene rings is 1. The zero-order chi connectivity index (χ0) is 17.4. The van der Waals surface area contributed by atoms with E-state index in [-0.39, 0.29) is 6.10 Å². The molecule has 4 nitrogen and oxygen atoms in total. The van der Waals surface area contributed by atoms with E-state index in [4.69, 9.17) is 4.74 Å². The van der Waals surface area contributed by atoms with Crippen LogP contribution in [0.1, 0.15) is 37.7 Å². The molecule has 7 heteroatoms. The molecule has 1 saturated carbocycles. The van der Waals surface area contributed by atoms with Crippen molar-refractivity contribution in [2.75, 3.05) is 18.5 Å². The maximum Gasteiger partial charge on any atom is 0.411 e. The van der Waals surface area contributed by atoms with Gasteiger partial charge in [0.2, 0.25) is 5.91 Å². The summed E-state index contributed by atoms with van der Waals surface area (Å²) in [5.41, 5.74) is 1.43. The second kappa shape index (κ2) is 9.03. The highest BCUT2D eigenvalue weighted by atomic mass is 19.4. The largest absolute Gasteiger partial charge is 0.411 e. The highest BCUT2D eigenvalue weighted by molar-refractivity contribution is 5.91. The Kier molecular flexibility index (Phi) is 7.05. The smallest absolute Gasteiger partial charge is 0.374 e. The van der Waals surface area contributed by atoms with Crippen molar-refractivity contribution < 1.29 is 27.4 Å². The topological polar surface area (TPSA) is 47.6 Å². The van der Waals surface area contributed by atoms with E-state index in [2.05, 4.69) is 10.1 Å². The summed E-state index contributed by atoms with van der Waals surface area (Å²) < 4.78 is 46.1. The number of carbonyl (C=O) groups is 1. The van der Waals surface area contributed by atoms with Crippen molar-refractivity contribution in [2.24, 2.45) is 0 Å². The Morgan fingerprint density at radius 1 is 1.21 bits per heavy atom. The van der Waals surface area contributed by atoms with Crippen LogP contribution in [0.25, 0.3) is 0 Å². The van der Waals surface area contributed by atoms with E-state index in [0.29, 0.717) is 12.3 Å². The summed E-state index contributed by atoms with van der Waals surface area (Å²) in [7, 11) is 0. The van der Waals surface area contributed by atoms with Gasteiger partial charge in [-0.15, -0.1) is 0 Å². The van der Waals surface area contributed by atoms with Crippen LogP contribution in [0.3, 0.4) is 0 Å². The van der Waals surface area contributed by atoms with Crippen LogP contribution in [0.2, 0.25) is 0 Å². The van der Waals surface area contributed by atoms with E-state index in [1.165, 1.54) is 19.3 Å². The Bertz CT molecular complexity index is 528. The number of halogens is 3. The van der Waals surface area contributed by atoms with Crippen LogP contribution < -0.4 is 5.32 Å². The van der Waals surface area contributed by atoms with Gasteiger partial charge in [-0.25, -0.2) is 0 Å². The molecule has 1 aliphatic rings. The summed E-state index contributed by atoms with van der Waals surface area (Å²) in [6, 6.07) is 7.08. The number of amides is 1. The second-order valence-corrected chi connectivity index (χ2v) is 5.93. The van der Waals surface area contributed by atoms with Crippen molar-refractivity contribution >= 4 is 11.6 Å². The Balaban J connectivity index is 1.76. The van der Waals surface area contributed by atoms with Crippen molar-refractivity contribution in [3.8, 4) is 0 Å². The van der Waals surface area contributed by atoms with E-state index >= 15 is 0 Å². The molecular weight excluding hydrogens is 323 g/mol. The molecule has 0 unspecified atom stereocenters.